The lowest BCUT2D eigenvalue weighted by Gasteiger charge is -2.32. The van der Waals surface area contributed by atoms with Crippen molar-refractivity contribution in [2.24, 2.45) is 0 Å². The fraction of sp³-hybridized carbons (Fsp3) is 0.333. The Hall–Kier alpha value is -2.51. The van der Waals surface area contributed by atoms with Gasteiger partial charge in [-0.15, -0.1) is 0 Å². The number of aromatic nitrogens is 2. The molecule has 1 aromatic heterocycles. The van der Waals surface area contributed by atoms with E-state index in [1.54, 1.807) is 6.07 Å². The molecule has 0 aliphatic carbocycles. The van der Waals surface area contributed by atoms with E-state index in [-0.39, 0.29) is 5.82 Å². The van der Waals surface area contributed by atoms with E-state index in [0.717, 1.165) is 22.1 Å². The van der Waals surface area contributed by atoms with E-state index >= 15 is 0 Å². The van der Waals surface area contributed by atoms with Crippen molar-refractivity contribution in [1.82, 2.24) is 9.97 Å². The van der Waals surface area contributed by atoms with Crippen LogP contribution in [0.15, 0.2) is 42.7 Å². The maximum absolute atomic E-state index is 13.5. The van der Waals surface area contributed by atoms with Crippen molar-refractivity contribution in [3.05, 3.63) is 54.1 Å². The van der Waals surface area contributed by atoms with Crippen LogP contribution in [0.3, 0.4) is 0 Å². The Morgan fingerprint density at radius 3 is 2.43 bits per heavy atom. The van der Waals surface area contributed by atoms with E-state index in [1.165, 1.54) is 18.5 Å². The number of rotatable bonds is 3. The lowest BCUT2D eigenvalue weighted by atomic mass is 9.76. The molecule has 28 heavy (non-hydrogen) atoms. The van der Waals surface area contributed by atoms with Crippen LogP contribution in [-0.2, 0) is 9.31 Å². The van der Waals surface area contributed by atoms with Crippen LogP contribution in [-0.4, -0.2) is 28.3 Å². The normalized spacial score (nSPS) is 17.9. The zero-order chi connectivity index (χ0) is 20.1. The Kier molecular flexibility index (Phi) is 4.40. The van der Waals surface area contributed by atoms with Crippen molar-refractivity contribution in [3.8, 4) is 0 Å². The Labute approximate surface area is 164 Å². The third-order valence-electron chi connectivity index (χ3n) is 5.73. The van der Waals surface area contributed by atoms with Gasteiger partial charge in [0.2, 0.25) is 0 Å². The van der Waals surface area contributed by atoms with Crippen LogP contribution in [0.2, 0.25) is 0 Å². The highest BCUT2D eigenvalue weighted by Gasteiger charge is 2.52. The van der Waals surface area contributed by atoms with E-state index in [4.69, 9.17) is 9.31 Å². The van der Waals surface area contributed by atoms with Crippen molar-refractivity contribution >= 4 is 35.0 Å². The first-order chi connectivity index (χ1) is 13.2. The van der Waals surface area contributed by atoms with Crippen molar-refractivity contribution in [2.75, 3.05) is 5.32 Å². The second-order valence-corrected chi connectivity index (χ2v) is 8.12. The highest BCUT2D eigenvalue weighted by atomic mass is 19.1. The Morgan fingerprint density at radius 1 is 1.00 bits per heavy atom. The van der Waals surface area contributed by atoms with E-state index in [1.807, 2.05) is 52.8 Å². The molecule has 0 saturated carbocycles. The molecule has 1 aliphatic rings. The van der Waals surface area contributed by atoms with E-state index in [9.17, 15) is 4.39 Å². The molecule has 2 aromatic carbocycles. The molecular weight excluding hydrogens is 356 g/mol. The van der Waals surface area contributed by atoms with Gasteiger partial charge in [-0.05, 0) is 63.8 Å². The van der Waals surface area contributed by atoms with Crippen molar-refractivity contribution in [2.45, 2.75) is 45.8 Å². The van der Waals surface area contributed by atoms with Crippen LogP contribution in [0.25, 0.3) is 10.9 Å². The first kappa shape index (κ1) is 18.8. The van der Waals surface area contributed by atoms with Gasteiger partial charge in [-0.25, -0.2) is 14.4 Å². The summed E-state index contributed by atoms with van der Waals surface area (Å²) in [4.78, 5) is 8.49. The molecule has 0 radical (unpaired) electrons. The quantitative estimate of drug-likeness (QED) is 0.694. The summed E-state index contributed by atoms with van der Waals surface area (Å²) < 4.78 is 25.9. The molecule has 7 heteroatoms. The number of hydrogen-bond acceptors (Lipinski definition) is 5. The summed E-state index contributed by atoms with van der Waals surface area (Å²) in [6, 6.07) is 10.4. The van der Waals surface area contributed by atoms with Crippen molar-refractivity contribution < 1.29 is 13.7 Å². The monoisotopic (exact) mass is 379 g/mol. The van der Waals surface area contributed by atoms with Crippen molar-refractivity contribution in [3.63, 3.8) is 0 Å². The molecule has 0 unspecified atom stereocenters. The van der Waals surface area contributed by atoms with Gasteiger partial charge in [0.25, 0.3) is 0 Å². The van der Waals surface area contributed by atoms with Gasteiger partial charge >= 0.3 is 7.12 Å². The number of nitrogens with one attached hydrogen (secondary N) is 1. The molecule has 1 fully saturated rings. The van der Waals surface area contributed by atoms with Gasteiger partial charge in [-0.3, -0.25) is 0 Å². The fourth-order valence-corrected chi connectivity index (χ4v) is 3.27. The molecule has 2 heterocycles. The molecule has 0 atom stereocenters. The highest BCUT2D eigenvalue weighted by molar-refractivity contribution is 6.62. The van der Waals surface area contributed by atoms with Gasteiger partial charge < -0.3 is 14.6 Å². The molecule has 5 nitrogen and oxygen atoms in total. The summed E-state index contributed by atoms with van der Waals surface area (Å²) >= 11 is 0. The third-order valence-corrected chi connectivity index (χ3v) is 5.73. The topological polar surface area (TPSA) is 56.3 Å². The SMILES string of the molecule is Cc1c(Nc2ncnc3cc(F)ccc23)cccc1B1OC(C)(C)C(C)(C)O1. The Bertz CT molecular complexity index is 1040. The molecule has 1 saturated heterocycles. The van der Waals surface area contributed by atoms with Gasteiger partial charge in [0.05, 0.1) is 16.7 Å². The minimum absolute atomic E-state index is 0.323. The Balaban J connectivity index is 1.69. The smallest absolute Gasteiger partial charge is 0.399 e. The standard InChI is InChI=1S/C21H23BFN3O2/c1-13-16(22-27-20(2,3)21(4,5)28-22)7-6-8-17(13)26-19-15-10-9-14(23)11-18(15)24-12-25-19/h6-12H,1-5H3,(H,24,25,26). The van der Waals surface area contributed by atoms with Crippen LogP contribution in [0.4, 0.5) is 15.9 Å². The lowest BCUT2D eigenvalue weighted by Crippen LogP contribution is -2.41. The largest absolute Gasteiger partial charge is 0.495 e. The maximum atomic E-state index is 13.5. The predicted octanol–water partition coefficient (Wildman–Crippen LogP) is 4.12. The summed E-state index contributed by atoms with van der Waals surface area (Å²) in [7, 11) is -0.442. The summed E-state index contributed by atoms with van der Waals surface area (Å²) in [5.74, 6) is 0.301. The summed E-state index contributed by atoms with van der Waals surface area (Å²) in [5.41, 5.74) is 2.61. The molecule has 0 bridgehead atoms. The molecule has 0 amide bonds. The van der Waals surface area contributed by atoms with Crippen LogP contribution in [0, 0.1) is 12.7 Å². The predicted molar refractivity (Wildman–Crippen MR) is 110 cm³/mol. The Morgan fingerprint density at radius 2 is 1.71 bits per heavy atom. The summed E-state index contributed by atoms with van der Waals surface area (Å²) in [6.07, 6.45) is 1.43. The zero-order valence-corrected chi connectivity index (χ0v) is 16.7. The maximum Gasteiger partial charge on any atom is 0.495 e. The average molecular weight is 379 g/mol. The van der Waals surface area contributed by atoms with Crippen LogP contribution < -0.4 is 10.8 Å². The zero-order valence-electron chi connectivity index (χ0n) is 16.7. The number of hydrogen-bond donors (Lipinski definition) is 1. The van der Waals surface area contributed by atoms with Gasteiger partial charge in [0, 0.05) is 17.1 Å². The molecule has 144 valence electrons. The van der Waals surface area contributed by atoms with Crippen LogP contribution in [0.1, 0.15) is 33.3 Å². The molecular formula is C21H23BFN3O2. The minimum atomic E-state index is -0.442. The van der Waals surface area contributed by atoms with E-state index in [2.05, 4.69) is 15.3 Å². The van der Waals surface area contributed by atoms with Gasteiger partial charge in [0.15, 0.2) is 0 Å². The summed E-state index contributed by atoms with van der Waals surface area (Å²) in [5, 5.41) is 4.11. The van der Waals surface area contributed by atoms with Crippen molar-refractivity contribution in [1.29, 1.82) is 0 Å². The minimum Gasteiger partial charge on any atom is -0.399 e. The molecule has 3 aromatic rings. The van der Waals surface area contributed by atoms with Gasteiger partial charge in [-0.2, -0.15) is 0 Å². The van der Waals surface area contributed by atoms with Gasteiger partial charge in [-0.1, -0.05) is 12.1 Å². The van der Waals surface area contributed by atoms with E-state index < -0.39 is 18.3 Å². The van der Waals surface area contributed by atoms with Crippen LogP contribution in [0.5, 0.6) is 0 Å². The second-order valence-electron chi connectivity index (χ2n) is 8.12. The third kappa shape index (κ3) is 3.14. The molecule has 0 spiro atoms. The van der Waals surface area contributed by atoms with Crippen LogP contribution >= 0.6 is 0 Å². The number of halogens is 1. The molecule has 1 aliphatic heterocycles. The first-order valence-electron chi connectivity index (χ1n) is 9.30. The lowest BCUT2D eigenvalue weighted by molar-refractivity contribution is 0.00578. The summed E-state index contributed by atoms with van der Waals surface area (Å²) in [6.45, 7) is 10.2. The average Bonchev–Trinajstić information content (AvgIpc) is 2.84. The van der Waals surface area contributed by atoms with E-state index in [0.29, 0.717) is 11.3 Å². The number of benzene rings is 2. The second kappa shape index (κ2) is 6.53. The van der Waals surface area contributed by atoms with Gasteiger partial charge in [0.1, 0.15) is 18.0 Å². The highest BCUT2D eigenvalue weighted by Crippen LogP contribution is 2.37. The number of nitrogens with zero attached hydrogens (tertiary/aromatic N) is 2. The fourth-order valence-electron chi connectivity index (χ4n) is 3.27. The number of anilines is 2. The molecule has 1 N–H and O–H groups in total. The first-order valence-corrected chi connectivity index (χ1v) is 9.30. The number of fused-ring (bicyclic) bond motifs is 1. The molecule has 4 rings (SSSR count).